The second-order valence-corrected chi connectivity index (χ2v) is 11.4. The second-order valence-electron chi connectivity index (χ2n) is 8.11. The van der Waals surface area contributed by atoms with Gasteiger partial charge in [-0.2, -0.15) is 0 Å². The number of rotatable bonds is 8. The maximum atomic E-state index is 11.1. The molecule has 0 aromatic heterocycles. The Hall–Kier alpha value is -0.532. The van der Waals surface area contributed by atoms with E-state index >= 15 is 0 Å². The van der Waals surface area contributed by atoms with Crippen LogP contribution in [0.2, 0.25) is 0 Å². The average Bonchev–Trinajstić information content (AvgIpc) is 2.58. The third-order valence-corrected chi connectivity index (χ3v) is 3.21. The zero-order chi connectivity index (χ0) is 25.0. The van der Waals surface area contributed by atoms with Crippen molar-refractivity contribution in [2.75, 3.05) is 13.1 Å². The second kappa shape index (κ2) is 21.7. The Morgan fingerprint density at radius 2 is 0.933 bits per heavy atom. The molecule has 0 fully saturated rings. The Balaban J connectivity index is -0.000000167. The molecular weight excluding hydrogens is 618 g/mol. The van der Waals surface area contributed by atoms with Crippen LogP contribution in [-0.4, -0.2) is 46.8 Å². The van der Waals surface area contributed by atoms with Gasteiger partial charge < -0.3 is 21.7 Å². The standard InChI is InChI=1S/2C8H14O3.C3H10N2.2ClH.Pt/c2*1-8(2,3)6(9)4-5-7(10)11;4-2-1-3-5;;;/h2*4-5H2,1-3H3,(H,10,11);1-5H2;2*1H;/q;;;;;+4/p-2. The number of hydrogen-bond acceptors (Lipinski definition) is 6. The van der Waals surface area contributed by atoms with Crippen molar-refractivity contribution in [3.63, 3.8) is 0 Å². The molecule has 0 spiro atoms. The minimum absolute atomic E-state index is 0.0000926. The molecule has 30 heavy (non-hydrogen) atoms. The molecule has 0 bridgehead atoms. The fraction of sp³-hybridized carbons (Fsp3) is 0.789. The molecule has 0 unspecified atom stereocenters. The third-order valence-electron chi connectivity index (χ3n) is 3.21. The molecule has 0 atom stereocenters. The first-order valence-corrected chi connectivity index (χ1v) is 14.9. The number of halogens is 2. The van der Waals surface area contributed by atoms with Crippen LogP contribution in [-0.2, 0) is 35.7 Å². The topological polar surface area (TPSA) is 161 Å². The van der Waals surface area contributed by atoms with Crippen molar-refractivity contribution in [1.29, 1.82) is 0 Å². The van der Waals surface area contributed by atoms with E-state index in [1.165, 1.54) is 0 Å². The minimum atomic E-state index is -0.914. The van der Waals surface area contributed by atoms with Crippen molar-refractivity contribution >= 4 is 42.3 Å². The first-order chi connectivity index (χ1) is 13.5. The van der Waals surface area contributed by atoms with Gasteiger partial charge in [0.2, 0.25) is 0 Å². The van der Waals surface area contributed by atoms with E-state index < -0.39 is 39.2 Å². The molecule has 0 aliphatic carbocycles. The van der Waals surface area contributed by atoms with Crippen molar-refractivity contribution in [3.8, 4) is 0 Å². The Morgan fingerprint density at radius 3 is 1.03 bits per heavy atom. The first-order valence-electron chi connectivity index (χ1n) is 9.23. The van der Waals surface area contributed by atoms with Crippen molar-refractivity contribution in [3.05, 3.63) is 0 Å². The summed E-state index contributed by atoms with van der Waals surface area (Å²) in [4.78, 5) is 42.4. The molecule has 0 radical (unpaired) electrons. The van der Waals surface area contributed by atoms with Gasteiger partial charge in [-0.05, 0) is 19.5 Å². The number of aliphatic carboxylic acids is 2. The van der Waals surface area contributed by atoms with Crippen molar-refractivity contribution in [1.82, 2.24) is 0 Å². The molecule has 6 N–H and O–H groups in total. The third kappa shape index (κ3) is 34.9. The van der Waals surface area contributed by atoms with Crippen molar-refractivity contribution in [2.45, 2.75) is 73.6 Å². The molecule has 0 saturated carbocycles. The number of carbonyl (C=O) groups excluding carboxylic acids is 2. The molecule has 8 nitrogen and oxygen atoms in total. The van der Waals surface area contributed by atoms with Crippen LogP contribution in [0, 0.1) is 10.8 Å². The predicted octanol–water partition coefficient (Wildman–Crippen LogP) is 3.60. The summed E-state index contributed by atoms with van der Waals surface area (Å²) in [6, 6.07) is 0. The molecule has 0 rings (SSSR count). The molecule has 0 aromatic carbocycles. The normalized spacial score (nSPS) is 10.3. The molecule has 0 heterocycles. The predicted molar refractivity (Wildman–Crippen MR) is 117 cm³/mol. The molecule has 182 valence electrons. The van der Waals surface area contributed by atoms with Gasteiger partial charge in [-0.25, -0.2) is 0 Å². The van der Waals surface area contributed by atoms with Crippen LogP contribution in [0.1, 0.15) is 73.6 Å². The van der Waals surface area contributed by atoms with E-state index in [0.29, 0.717) is 0 Å². The summed E-state index contributed by atoms with van der Waals surface area (Å²) in [6.45, 7) is 12.2. The molecule has 0 aliphatic rings. The van der Waals surface area contributed by atoms with Gasteiger partial charge in [-0.15, -0.1) is 0 Å². The summed E-state index contributed by atoms with van der Waals surface area (Å²) in [5.41, 5.74) is 9.30. The maximum absolute atomic E-state index is 11.1. The fourth-order valence-electron chi connectivity index (χ4n) is 1.31. The monoisotopic (exact) mass is 655 g/mol. The zero-order valence-corrected chi connectivity index (χ0v) is 22.5. The van der Waals surface area contributed by atoms with E-state index in [2.05, 4.69) is 0 Å². The van der Waals surface area contributed by atoms with Gasteiger partial charge in [-0.1, -0.05) is 41.5 Å². The van der Waals surface area contributed by atoms with Gasteiger partial charge >= 0.3 is 47.3 Å². The van der Waals surface area contributed by atoms with E-state index in [9.17, 15) is 19.2 Å². The Morgan fingerprint density at radius 1 is 0.700 bits per heavy atom. The van der Waals surface area contributed by atoms with Crippen LogP contribution >= 0.6 is 18.8 Å². The summed E-state index contributed by atoms with van der Waals surface area (Å²) < 4.78 is 0. The molecule has 0 aromatic rings. The molecule has 0 amide bonds. The van der Waals surface area contributed by atoms with Crippen LogP contribution in [0.4, 0.5) is 0 Å². The molecule has 0 saturated heterocycles. The molecule has 0 aliphatic heterocycles. The van der Waals surface area contributed by atoms with Crippen LogP contribution in [0.3, 0.4) is 0 Å². The van der Waals surface area contributed by atoms with Gasteiger partial charge in [-0.3, -0.25) is 19.2 Å². The van der Waals surface area contributed by atoms with E-state index in [1.807, 2.05) is 0 Å². The Bertz CT molecular complexity index is 450. The Kier molecular flexibility index (Phi) is 26.6. The molecular formula is C19H38Cl2N2O6Pt+2. The quantitative estimate of drug-likeness (QED) is 0.308. The first kappa shape index (κ1) is 36.8. The molecule has 11 heteroatoms. The number of carboxylic acids is 2. The van der Waals surface area contributed by atoms with Crippen LogP contribution in [0.25, 0.3) is 0 Å². The van der Waals surface area contributed by atoms with Gasteiger partial charge in [0.1, 0.15) is 11.6 Å². The van der Waals surface area contributed by atoms with Crippen LogP contribution in [0.15, 0.2) is 0 Å². The van der Waals surface area contributed by atoms with Gasteiger partial charge in [0.15, 0.2) is 0 Å². The SMILES string of the molecule is CC(C)(C)C(=O)CCC(=O)O.CC(C)(C)C(=O)CCC(=O)O.NCCCN.[Cl][Pt+2][Cl]. The van der Waals surface area contributed by atoms with Gasteiger partial charge in [0, 0.05) is 23.7 Å². The van der Waals surface area contributed by atoms with Crippen molar-refractivity contribution < 1.29 is 45.9 Å². The number of nitrogens with two attached hydrogens (primary N) is 2. The fourth-order valence-corrected chi connectivity index (χ4v) is 1.31. The van der Waals surface area contributed by atoms with Crippen LogP contribution < -0.4 is 11.5 Å². The number of hydrogen-bond donors (Lipinski definition) is 4. The number of Topliss-reactive ketones (excluding diaryl/α,β-unsaturated/α-hetero) is 2. The summed E-state index contributed by atoms with van der Waals surface area (Å²) in [7, 11) is 9.75. The zero-order valence-electron chi connectivity index (χ0n) is 18.7. The Labute approximate surface area is 196 Å². The summed E-state index contributed by atoms with van der Waals surface area (Å²) >= 11 is -0.472. The number of carbonyl (C=O) groups is 4. The number of carboxylic acid groups (broad SMARTS) is 2. The van der Waals surface area contributed by atoms with Crippen molar-refractivity contribution in [2.24, 2.45) is 22.3 Å². The summed E-state index contributed by atoms with van der Waals surface area (Å²) in [5, 5.41) is 16.6. The van der Waals surface area contributed by atoms with E-state index in [0.717, 1.165) is 19.5 Å². The summed E-state index contributed by atoms with van der Waals surface area (Å²) in [6.07, 6.45) is 1.10. The van der Waals surface area contributed by atoms with Crippen LogP contribution in [0.5, 0.6) is 0 Å². The summed E-state index contributed by atoms with van der Waals surface area (Å²) in [5.74, 6) is -1.83. The van der Waals surface area contributed by atoms with E-state index in [4.69, 9.17) is 40.5 Å². The van der Waals surface area contributed by atoms with Gasteiger partial charge in [0.05, 0.1) is 12.8 Å². The van der Waals surface area contributed by atoms with E-state index in [1.54, 1.807) is 41.5 Å². The number of ketones is 2. The average molecular weight is 657 g/mol. The van der Waals surface area contributed by atoms with E-state index in [-0.39, 0.29) is 37.2 Å². The van der Waals surface area contributed by atoms with Gasteiger partial charge in [0.25, 0.3) is 0 Å².